The molecule has 1 saturated heterocycles. The Balaban J connectivity index is 1.76. The zero-order chi connectivity index (χ0) is 18.1. The normalized spacial score (nSPS) is 20.4. The van der Waals surface area contributed by atoms with Crippen molar-refractivity contribution in [3.63, 3.8) is 0 Å². The first-order chi connectivity index (χ1) is 11.9. The number of rotatable bonds is 3. The summed E-state index contributed by atoms with van der Waals surface area (Å²) in [7, 11) is 0. The second-order valence-electron chi connectivity index (χ2n) is 5.94. The maximum atomic E-state index is 12.5. The van der Waals surface area contributed by atoms with Gasteiger partial charge in [0.05, 0.1) is 10.9 Å². The van der Waals surface area contributed by atoms with Gasteiger partial charge in [0.2, 0.25) is 0 Å². The lowest BCUT2D eigenvalue weighted by molar-refractivity contribution is -0.144. The number of carboxylic acid groups (broad SMARTS) is 2. The van der Waals surface area contributed by atoms with Gasteiger partial charge in [-0.15, -0.1) is 0 Å². The molecule has 1 aromatic carbocycles. The molecule has 1 fully saturated rings. The lowest BCUT2D eigenvalue weighted by Crippen LogP contribution is -2.54. The molecule has 2 atom stereocenters. The van der Waals surface area contributed by atoms with Crippen molar-refractivity contribution in [1.82, 2.24) is 15.2 Å². The van der Waals surface area contributed by atoms with E-state index in [1.165, 1.54) is 0 Å². The van der Waals surface area contributed by atoms with Gasteiger partial charge in [-0.05, 0) is 18.6 Å². The summed E-state index contributed by atoms with van der Waals surface area (Å²) in [5, 5.41) is 22.4. The van der Waals surface area contributed by atoms with Crippen molar-refractivity contribution in [1.29, 1.82) is 0 Å². The van der Waals surface area contributed by atoms with E-state index in [2.05, 4.69) is 10.3 Å². The van der Waals surface area contributed by atoms with E-state index in [-0.39, 0.29) is 19.5 Å². The zero-order valence-electron chi connectivity index (χ0n) is 13.0. The second kappa shape index (κ2) is 6.64. The van der Waals surface area contributed by atoms with Crippen LogP contribution in [0.2, 0.25) is 5.02 Å². The summed E-state index contributed by atoms with van der Waals surface area (Å²) in [6, 6.07) is 4.33. The minimum atomic E-state index is -1.16. The van der Waals surface area contributed by atoms with Gasteiger partial charge in [-0.2, -0.15) is 0 Å². The number of aromatic amines is 1. The SMILES string of the molecule is O=C(N[C@@H]1CCN(C(=O)O)C[C@@H]1C(=O)O)c1ccc2c(Cl)c[nH]c2c1. The highest BCUT2D eigenvalue weighted by molar-refractivity contribution is 6.35. The van der Waals surface area contributed by atoms with E-state index in [4.69, 9.17) is 16.7 Å². The molecule has 1 aliphatic heterocycles. The summed E-state index contributed by atoms with van der Waals surface area (Å²) in [4.78, 5) is 38.9. The maximum absolute atomic E-state index is 12.5. The number of hydrogen-bond acceptors (Lipinski definition) is 3. The van der Waals surface area contributed by atoms with Crippen LogP contribution >= 0.6 is 11.6 Å². The van der Waals surface area contributed by atoms with E-state index in [1.807, 2.05) is 0 Å². The lowest BCUT2D eigenvalue weighted by Gasteiger charge is -2.35. The molecule has 132 valence electrons. The Kier molecular flexibility index (Phi) is 4.54. The summed E-state index contributed by atoms with van der Waals surface area (Å²) in [5.41, 5.74) is 1.07. The van der Waals surface area contributed by atoms with Gasteiger partial charge < -0.3 is 25.4 Å². The smallest absolute Gasteiger partial charge is 0.407 e. The van der Waals surface area contributed by atoms with Gasteiger partial charge in [0.15, 0.2) is 0 Å². The number of piperidine rings is 1. The fourth-order valence-corrected chi connectivity index (χ4v) is 3.25. The number of nitrogens with zero attached hydrogens (tertiary/aromatic N) is 1. The monoisotopic (exact) mass is 365 g/mol. The molecule has 1 aliphatic rings. The molecule has 3 rings (SSSR count). The Morgan fingerprint density at radius 1 is 1.28 bits per heavy atom. The molecule has 2 aromatic rings. The number of amides is 2. The van der Waals surface area contributed by atoms with Gasteiger partial charge in [0.1, 0.15) is 0 Å². The van der Waals surface area contributed by atoms with Crippen molar-refractivity contribution >= 4 is 40.5 Å². The number of aromatic nitrogens is 1. The number of H-pyrrole nitrogens is 1. The van der Waals surface area contributed by atoms with E-state index in [0.29, 0.717) is 16.1 Å². The molecule has 0 spiro atoms. The Morgan fingerprint density at radius 2 is 2.04 bits per heavy atom. The van der Waals surface area contributed by atoms with Crippen molar-refractivity contribution in [3.05, 3.63) is 35.0 Å². The Hall–Kier alpha value is -2.74. The summed E-state index contributed by atoms with van der Waals surface area (Å²) < 4.78 is 0. The van der Waals surface area contributed by atoms with Crippen molar-refractivity contribution in [2.75, 3.05) is 13.1 Å². The summed E-state index contributed by atoms with van der Waals surface area (Å²) in [5.74, 6) is -2.53. The van der Waals surface area contributed by atoms with Crippen LogP contribution in [0.4, 0.5) is 4.79 Å². The molecule has 0 unspecified atom stereocenters. The predicted octanol–water partition coefficient (Wildman–Crippen LogP) is 2.00. The molecule has 25 heavy (non-hydrogen) atoms. The first-order valence-electron chi connectivity index (χ1n) is 7.65. The molecule has 0 aliphatic carbocycles. The molecule has 0 bridgehead atoms. The second-order valence-corrected chi connectivity index (χ2v) is 6.35. The molecule has 8 nitrogen and oxygen atoms in total. The Bertz CT molecular complexity index is 849. The van der Waals surface area contributed by atoms with Gasteiger partial charge in [0.25, 0.3) is 5.91 Å². The average molecular weight is 366 g/mol. The fraction of sp³-hybridized carbons (Fsp3) is 0.312. The highest BCUT2D eigenvalue weighted by Crippen LogP contribution is 2.24. The van der Waals surface area contributed by atoms with Crippen LogP contribution in [0, 0.1) is 5.92 Å². The van der Waals surface area contributed by atoms with Crippen LogP contribution < -0.4 is 5.32 Å². The average Bonchev–Trinajstić information content (AvgIpc) is 2.95. The third-order valence-corrected chi connectivity index (χ3v) is 4.72. The standard InChI is InChI=1S/C16H16ClN3O5/c17-11-6-18-13-5-8(1-2-9(11)13)14(21)19-12-3-4-20(16(24)25)7-10(12)15(22)23/h1-2,5-6,10,12,18H,3-4,7H2,(H,19,21)(H,22,23)(H,24,25)/t10-,12+/m0/s1. The quantitative estimate of drug-likeness (QED) is 0.662. The fourth-order valence-electron chi connectivity index (χ4n) is 3.03. The molecular formula is C16H16ClN3O5. The summed E-state index contributed by atoms with van der Waals surface area (Å²) in [6.07, 6.45) is 0.701. The van der Waals surface area contributed by atoms with Crippen LogP contribution in [0.25, 0.3) is 10.9 Å². The summed E-state index contributed by atoms with van der Waals surface area (Å²) in [6.45, 7) is 0.0240. The number of nitrogens with one attached hydrogen (secondary N) is 2. The number of hydrogen-bond donors (Lipinski definition) is 4. The molecule has 1 aromatic heterocycles. The predicted molar refractivity (Wildman–Crippen MR) is 89.9 cm³/mol. The van der Waals surface area contributed by atoms with Crippen LogP contribution in [0.1, 0.15) is 16.8 Å². The van der Waals surface area contributed by atoms with Crippen LogP contribution in [0.3, 0.4) is 0 Å². The lowest BCUT2D eigenvalue weighted by atomic mass is 9.92. The first-order valence-corrected chi connectivity index (χ1v) is 8.03. The van der Waals surface area contributed by atoms with Crippen LogP contribution in [0.15, 0.2) is 24.4 Å². The maximum Gasteiger partial charge on any atom is 0.407 e. The van der Waals surface area contributed by atoms with Crippen LogP contribution in [-0.2, 0) is 4.79 Å². The van der Waals surface area contributed by atoms with Gasteiger partial charge in [-0.25, -0.2) is 4.79 Å². The highest BCUT2D eigenvalue weighted by atomic mass is 35.5. The van der Waals surface area contributed by atoms with Gasteiger partial charge in [-0.1, -0.05) is 17.7 Å². The number of carbonyl (C=O) groups is 3. The van der Waals surface area contributed by atoms with Gasteiger partial charge in [-0.3, -0.25) is 9.59 Å². The Labute approximate surface area is 147 Å². The van der Waals surface area contributed by atoms with Gasteiger partial charge >= 0.3 is 12.1 Å². The van der Waals surface area contributed by atoms with E-state index in [0.717, 1.165) is 10.3 Å². The molecule has 2 heterocycles. The molecular weight excluding hydrogens is 350 g/mol. The number of halogens is 1. The number of carboxylic acids is 1. The van der Waals surface area contributed by atoms with Crippen molar-refractivity contribution in [3.8, 4) is 0 Å². The molecule has 9 heteroatoms. The van der Waals surface area contributed by atoms with Crippen LogP contribution in [0.5, 0.6) is 0 Å². The van der Waals surface area contributed by atoms with Gasteiger partial charge in [0, 0.05) is 41.8 Å². The minimum absolute atomic E-state index is 0.152. The number of carbonyl (C=O) groups excluding carboxylic acids is 1. The van der Waals surface area contributed by atoms with E-state index in [9.17, 15) is 19.5 Å². The van der Waals surface area contributed by atoms with E-state index >= 15 is 0 Å². The molecule has 0 radical (unpaired) electrons. The molecule has 0 saturated carbocycles. The van der Waals surface area contributed by atoms with Crippen molar-refractivity contribution < 1.29 is 24.6 Å². The largest absolute Gasteiger partial charge is 0.481 e. The van der Waals surface area contributed by atoms with E-state index in [1.54, 1.807) is 24.4 Å². The minimum Gasteiger partial charge on any atom is -0.481 e. The zero-order valence-corrected chi connectivity index (χ0v) is 13.8. The number of fused-ring (bicyclic) bond motifs is 1. The third-order valence-electron chi connectivity index (χ3n) is 4.41. The molecule has 4 N–H and O–H groups in total. The first kappa shape index (κ1) is 17.1. The number of likely N-dealkylation sites (tertiary alicyclic amines) is 1. The number of benzene rings is 1. The summed E-state index contributed by atoms with van der Waals surface area (Å²) >= 11 is 6.00. The topological polar surface area (TPSA) is 123 Å². The number of aliphatic carboxylic acids is 1. The molecule has 2 amide bonds. The van der Waals surface area contributed by atoms with Crippen molar-refractivity contribution in [2.45, 2.75) is 12.5 Å². The van der Waals surface area contributed by atoms with Crippen molar-refractivity contribution in [2.24, 2.45) is 5.92 Å². The van der Waals surface area contributed by atoms with Crippen LogP contribution in [-0.4, -0.2) is 57.2 Å². The van der Waals surface area contributed by atoms with E-state index < -0.39 is 29.9 Å². The highest BCUT2D eigenvalue weighted by Gasteiger charge is 2.37. The Morgan fingerprint density at radius 3 is 2.72 bits per heavy atom. The third kappa shape index (κ3) is 3.39.